The second-order valence-electron chi connectivity index (χ2n) is 3.30. The number of phenolic OH excluding ortho intramolecular Hbond substituents is 1. The average Bonchev–Trinajstić information content (AvgIpc) is 2.22. The van der Waals surface area contributed by atoms with Crippen LogP contribution < -0.4 is 5.32 Å². The zero-order valence-electron chi connectivity index (χ0n) is 8.95. The number of phenols is 1. The number of allylic oxidation sites excluding steroid dienone is 1. The van der Waals surface area contributed by atoms with Gasteiger partial charge in [-0.25, -0.2) is 0 Å². The maximum Gasteiger partial charge on any atom is 0.250 e. The Morgan fingerprint density at radius 1 is 1.40 bits per heavy atom. The molecule has 0 spiro atoms. The van der Waals surface area contributed by atoms with Crippen molar-refractivity contribution in [3.63, 3.8) is 0 Å². The van der Waals surface area contributed by atoms with Gasteiger partial charge >= 0.3 is 0 Å². The highest BCUT2D eigenvalue weighted by molar-refractivity contribution is 6.03. The lowest BCUT2D eigenvalue weighted by atomic mass is 10.2. The van der Waals surface area contributed by atoms with Crippen LogP contribution in [0.15, 0.2) is 35.9 Å². The number of hydrogen-bond donors (Lipinski definition) is 2. The van der Waals surface area contributed by atoms with Crippen LogP contribution in [0, 0.1) is 0 Å². The minimum Gasteiger partial charge on any atom is -0.508 e. The standard InChI is InChI=1S/C12H15NO2/c1-3-4-9(2)12(15)13-10-5-7-11(14)8-6-10/h4-8,14H,3H2,1-2H3,(H,13,15)/b9-4+. The smallest absolute Gasteiger partial charge is 0.250 e. The van der Waals surface area contributed by atoms with E-state index in [0.717, 1.165) is 6.42 Å². The van der Waals surface area contributed by atoms with Gasteiger partial charge in [0.2, 0.25) is 0 Å². The third kappa shape index (κ3) is 3.46. The highest BCUT2D eigenvalue weighted by atomic mass is 16.3. The molecule has 0 atom stereocenters. The monoisotopic (exact) mass is 205 g/mol. The molecular weight excluding hydrogens is 190 g/mol. The van der Waals surface area contributed by atoms with Gasteiger partial charge in [0.25, 0.3) is 5.91 Å². The van der Waals surface area contributed by atoms with Crippen LogP contribution in [0.1, 0.15) is 20.3 Å². The average molecular weight is 205 g/mol. The molecule has 1 aromatic carbocycles. The summed E-state index contributed by atoms with van der Waals surface area (Å²) in [6.45, 7) is 3.76. The number of hydrogen-bond acceptors (Lipinski definition) is 2. The third-order valence-electron chi connectivity index (χ3n) is 1.99. The minimum absolute atomic E-state index is 0.109. The molecule has 0 aromatic heterocycles. The molecule has 3 heteroatoms. The van der Waals surface area contributed by atoms with Crippen molar-refractivity contribution >= 4 is 11.6 Å². The Balaban J connectivity index is 2.66. The summed E-state index contributed by atoms with van der Waals surface area (Å²) in [7, 11) is 0. The third-order valence-corrected chi connectivity index (χ3v) is 1.99. The maximum absolute atomic E-state index is 11.5. The van der Waals surface area contributed by atoms with E-state index in [-0.39, 0.29) is 11.7 Å². The second-order valence-corrected chi connectivity index (χ2v) is 3.30. The number of nitrogens with one attached hydrogen (secondary N) is 1. The lowest BCUT2D eigenvalue weighted by molar-refractivity contribution is -0.112. The van der Waals surface area contributed by atoms with Crippen LogP contribution in [0.4, 0.5) is 5.69 Å². The molecule has 80 valence electrons. The molecule has 0 saturated heterocycles. The minimum atomic E-state index is -0.109. The van der Waals surface area contributed by atoms with E-state index in [0.29, 0.717) is 11.3 Å². The first-order valence-corrected chi connectivity index (χ1v) is 4.90. The van der Waals surface area contributed by atoms with E-state index in [1.165, 1.54) is 12.1 Å². The molecule has 0 radical (unpaired) electrons. The van der Waals surface area contributed by atoms with Crippen LogP contribution in [-0.4, -0.2) is 11.0 Å². The number of anilines is 1. The Kier molecular flexibility index (Phi) is 3.92. The topological polar surface area (TPSA) is 49.3 Å². The molecule has 0 saturated carbocycles. The van der Waals surface area contributed by atoms with Gasteiger partial charge in [-0.3, -0.25) is 4.79 Å². The molecular formula is C12H15NO2. The quantitative estimate of drug-likeness (QED) is 0.588. The fraction of sp³-hybridized carbons (Fsp3) is 0.250. The summed E-state index contributed by atoms with van der Waals surface area (Å²) in [5.74, 6) is 0.0800. The van der Waals surface area contributed by atoms with E-state index in [1.807, 2.05) is 13.0 Å². The van der Waals surface area contributed by atoms with Gasteiger partial charge < -0.3 is 10.4 Å². The SMILES string of the molecule is CC/C=C(\C)C(=O)Nc1ccc(O)cc1. The number of benzene rings is 1. The Morgan fingerprint density at radius 3 is 2.53 bits per heavy atom. The van der Waals surface area contributed by atoms with E-state index < -0.39 is 0 Å². The zero-order chi connectivity index (χ0) is 11.3. The number of carbonyl (C=O) groups excluding carboxylic acids is 1. The number of aromatic hydroxyl groups is 1. The molecule has 0 aliphatic carbocycles. The maximum atomic E-state index is 11.5. The van der Waals surface area contributed by atoms with Crippen LogP contribution in [0.2, 0.25) is 0 Å². The van der Waals surface area contributed by atoms with E-state index in [4.69, 9.17) is 5.11 Å². The van der Waals surface area contributed by atoms with Gasteiger partial charge in [0.05, 0.1) is 0 Å². The molecule has 0 fully saturated rings. The lowest BCUT2D eigenvalue weighted by Crippen LogP contribution is -2.12. The van der Waals surface area contributed by atoms with E-state index in [1.54, 1.807) is 19.1 Å². The lowest BCUT2D eigenvalue weighted by Gasteiger charge is -2.05. The van der Waals surface area contributed by atoms with Crippen molar-refractivity contribution in [2.24, 2.45) is 0 Å². The molecule has 0 unspecified atom stereocenters. The summed E-state index contributed by atoms with van der Waals surface area (Å²) < 4.78 is 0. The summed E-state index contributed by atoms with van der Waals surface area (Å²) in [6, 6.07) is 6.39. The van der Waals surface area contributed by atoms with Crippen molar-refractivity contribution < 1.29 is 9.90 Å². The Bertz CT molecular complexity index is 366. The fourth-order valence-corrected chi connectivity index (χ4v) is 1.17. The van der Waals surface area contributed by atoms with Crippen molar-refractivity contribution in [1.29, 1.82) is 0 Å². The van der Waals surface area contributed by atoms with Gasteiger partial charge in [0.15, 0.2) is 0 Å². The highest BCUT2D eigenvalue weighted by Crippen LogP contribution is 2.14. The largest absolute Gasteiger partial charge is 0.508 e. The van der Waals surface area contributed by atoms with Crippen molar-refractivity contribution in [2.45, 2.75) is 20.3 Å². The number of rotatable bonds is 3. The van der Waals surface area contributed by atoms with Crippen LogP contribution in [0.25, 0.3) is 0 Å². The molecule has 0 heterocycles. The fourth-order valence-electron chi connectivity index (χ4n) is 1.17. The van der Waals surface area contributed by atoms with E-state index in [9.17, 15) is 4.79 Å². The number of carbonyl (C=O) groups is 1. The van der Waals surface area contributed by atoms with Crippen molar-refractivity contribution in [1.82, 2.24) is 0 Å². The molecule has 1 rings (SSSR count). The van der Waals surface area contributed by atoms with Crippen LogP contribution in [-0.2, 0) is 4.79 Å². The highest BCUT2D eigenvalue weighted by Gasteiger charge is 2.03. The van der Waals surface area contributed by atoms with Gasteiger partial charge in [-0.15, -0.1) is 0 Å². The summed E-state index contributed by atoms with van der Waals surface area (Å²) >= 11 is 0. The molecule has 1 amide bonds. The van der Waals surface area contributed by atoms with Gasteiger partial charge in [0.1, 0.15) is 5.75 Å². The summed E-state index contributed by atoms with van der Waals surface area (Å²) in [5.41, 5.74) is 1.38. The van der Waals surface area contributed by atoms with E-state index >= 15 is 0 Å². The molecule has 2 N–H and O–H groups in total. The summed E-state index contributed by atoms with van der Waals surface area (Å²) in [4.78, 5) is 11.5. The predicted molar refractivity (Wildman–Crippen MR) is 60.8 cm³/mol. The van der Waals surface area contributed by atoms with Gasteiger partial charge in [-0.2, -0.15) is 0 Å². The zero-order valence-corrected chi connectivity index (χ0v) is 8.95. The van der Waals surface area contributed by atoms with Crippen molar-refractivity contribution in [3.8, 4) is 5.75 Å². The Morgan fingerprint density at radius 2 is 2.00 bits per heavy atom. The van der Waals surface area contributed by atoms with E-state index in [2.05, 4.69) is 5.32 Å². The predicted octanol–water partition coefficient (Wildman–Crippen LogP) is 2.69. The van der Waals surface area contributed by atoms with Gasteiger partial charge in [0, 0.05) is 11.3 Å². The normalized spacial score (nSPS) is 11.2. The van der Waals surface area contributed by atoms with Crippen LogP contribution in [0.3, 0.4) is 0 Å². The van der Waals surface area contributed by atoms with Gasteiger partial charge in [-0.05, 0) is 37.6 Å². The molecule has 0 bridgehead atoms. The first-order valence-electron chi connectivity index (χ1n) is 4.90. The summed E-state index contributed by atoms with van der Waals surface area (Å²) in [6.07, 6.45) is 2.71. The van der Waals surface area contributed by atoms with Crippen molar-refractivity contribution in [2.75, 3.05) is 5.32 Å². The Labute approximate surface area is 89.4 Å². The molecule has 15 heavy (non-hydrogen) atoms. The number of amides is 1. The van der Waals surface area contributed by atoms with Crippen LogP contribution in [0.5, 0.6) is 5.75 Å². The second kappa shape index (κ2) is 5.20. The molecule has 0 aliphatic heterocycles. The molecule has 3 nitrogen and oxygen atoms in total. The van der Waals surface area contributed by atoms with Crippen LogP contribution >= 0.6 is 0 Å². The molecule has 1 aromatic rings. The van der Waals surface area contributed by atoms with Gasteiger partial charge in [-0.1, -0.05) is 13.0 Å². The van der Waals surface area contributed by atoms with Crippen molar-refractivity contribution in [3.05, 3.63) is 35.9 Å². The Hall–Kier alpha value is -1.77. The first-order chi connectivity index (χ1) is 7.13. The molecule has 0 aliphatic rings. The summed E-state index contributed by atoms with van der Waals surface area (Å²) in [5, 5.41) is 11.8. The first kappa shape index (κ1) is 11.3.